The number of hydrogen-bond acceptors (Lipinski definition) is 6. The molecular formula is C20H20ClN3O3S2. The van der Waals surface area contributed by atoms with Crippen molar-refractivity contribution in [3.8, 4) is 0 Å². The molecule has 6 nitrogen and oxygen atoms in total. The molecule has 2 atom stereocenters. The zero-order chi connectivity index (χ0) is 20.4. The Bertz CT molecular complexity index is 1040. The molecule has 1 saturated heterocycles. The number of amides is 1. The number of sulfone groups is 1. The maximum Gasteiger partial charge on any atom is 0.251 e. The number of carbonyl (C=O) groups is 1. The van der Waals surface area contributed by atoms with E-state index in [1.807, 2.05) is 36.4 Å². The summed E-state index contributed by atoms with van der Waals surface area (Å²) < 4.78 is 23.3. The molecule has 0 aromatic heterocycles. The summed E-state index contributed by atoms with van der Waals surface area (Å²) in [5.74, 6) is 0.190. The fraction of sp³-hybridized carbons (Fsp3) is 0.300. The van der Waals surface area contributed by atoms with Crippen molar-refractivity contribution < 1.29 is 13.2 Å². The van der Waals surface area contributed by atoms with Crippen molar-refractivity contribution in [2.24, 2.45) is 4.99 Å². The standard InChI is InChI=1S/C20H20ClN3O3S2/c21-15-5-1-13(2-6-15)9-10-22-19(25)14-3-7-16(8-4-14)23-20-24-17-11-29(26,27)12-18(17)28-20/h1-8,17-18H,9-12H2,(H,22,25)(H,23,24)/t17-,18+/m1/s1. The summed E-state index contributed by atoms with van der Waals surface area (Å²) in [5, 5.41) is 7.56. The molecule has 0 saturated carbocycles. The lowest BCUT2D eigenvalue weighted by Crippen LogP contribution is -2.25. The van der Waals surface area contributed by atoms with E-state index in [1.54, 1.807) is 12.1 Å². The van der Waals surface area contributed by atoms with E-state index in [9.17, 15) is 13.2 Å². The molecule has 2 heterocycles. The summed E-state index contributed by atoms with van der Waals surface area (Å²) >= 11 is 7.34. The molecule has 2 aromatic rings. The number of amidine groups is 1. The molecule has 2 aromatic carbocycles. The first kappa shape index (κ1) is 20.3. The van der Waals surface area contributed by atoms with Crippen LogP contribution in [0.2, 0.25) is 5.02 Å². The monoisotopic (exact) mass is 449 g/mol. The van der Waals surface area contributed by atoms with Crippen LogP contribution in [0, 0.1) is 0 Å². The number of aliphatic imine (C=N–C) groups is 1. The predicted octanol–water partition coefficient (Wildman–Crippen LogP) is 2.99. The van der Waals surface area contributed by atoms with E-state index >= 15 is 0 Å². The predicted molar refractivity (Wildman–Crippen MR) is 119 cm³/mol. The molecule has 2 N–H and O–H groups in total. The first-order chi connectivity index (χ1) is 13.9. The lowest BCUT2D eigenvalue weighted by Gasteiger charge is -2.09. The Morgan fingerprint density at radius 2 is 1.83 bits per heavy atom. The summed E-state index contributed by atoms with van der Waals surface area (Å²) in [6.45, 7) is 0.541. The van der Waals surface area contributed by atoms with Gasteiger partial charge in [0.15, 0.2) is 15.0 Å². The molecule has 1 fully saturated rings. The molecule has 1 amide bonds. The third-order valence-corrected chi connectivity index (χ3v) is 8.22. The summed E-state index contributed by atoms with van der Waals surface area (Å²) in [5.41, 5.74) is 2.51. The molecule has 2 aliphatic rings. The smallest absolute Gasteiger partial charge is 0.251 e. The van der Waals surface area contributed by atoms with Crippen molar-refractivity contribution in [1.82, 2.24) is 5.32 Å². The molecular weight excluding hydrogens is 430 g/mol. The number of nitrogens with one attached hydrogen (secondary N) is 2. The topological polar surface area (TPSA) is 87.6 Å². The molecule has 0 radical (unpaired) electrons. The van der Waals surface area contributed by atoms with E-state index < -0.39 is 9.84 Å². The third kappa shape index (κ3) is 5.12. The van der Waals surface area contributed by atoms with Gasteiger partial charge in [-0.25, -0.2) is 8.42 Å². The first-order valence-electron chi connectivity index (χ1n) is 9.23. The Balaban J connectivity index is 1.28. The van der Waals surface area contributed by atoms with Crippen LogP contribution in [0.4, 0.5) is 5.69 Å². The van der Waals surface area contributed by atoms with Gasteiger partial charge in [-0.2, -0.15) is 0 Å². The number of anilines is 1. The Labute approximate surface area is 179 Å². The van der Waals surface area contributed by atoms with Crippen molar-refractivity contribution in [3.63, 3.8) is 0 Å². The fourth-order valence-electron chi connectivity index (χ4n) is 3.32. The second-order valence-corrected chi connectivity index (χ2v) is 10.9. The van der Waals surface area contributed by atoms with Crippen LogP contribution in [0.3, 0.4) is 0 Å². The van der Waals surface area contributed by atoms with Crippen LogP contribution in [0.25, 0.3) is 0 Å². The van der Waals surface area contributed by atoms with E-state index in [0.717, 1.165) is 22.8 Å². The molecule has 0 spiro atoms. The Kier molecular flexibility index (Phi) is 5.85. The Hall–Kier alpha value is -2.03. The number of hydrogen-bond donors (Lipinski definition) is 2. The quantitative estimate of drug-likeness (QED) is 0.732. The van der Waals surface area contributed by atoms with Crippen LogP contribution in [-0.2, 0) is 16.3 Å². The highest BCUT2D eigenvalue weighted by Gasteiger charge is 2.42. The third-order valence-electron chi connectivity index (χ3n) is 4.83. The molecule has 2 aliphatic heterocycles. The lowest BCUT2D eigenvalue weighted by atomic mass is 10.1. The zero-order valence-corrected chi connectivity index (χ0v) is 17.9. The van der Waals surface area contributed by atoms with Gasteiger partial charge in [0.1, 0.15) is 0 Å². The normalized spacial score (nSPS) is 22.0. The first-order valence-corrected chi connectivity index (χ1v) is 12.3. The van der Waals surface area contributed by atoms with Gasteiger partial charge in [-0.3, -0.25) is 9.79 Å². The lowest BCUT2D eigenvalue weighted by molar-refractivity contribution is 0.0954. The van der Waals surface area contributed by atoms with Crippen molar-refractivity contribution in [1.29, 1.82) is 0 Å². The van der Waals surface area contributed by atoms with Crippen LogP contribution in [-0.4, -0.2) is 48.8 Å². The van der Waals surface area contributed by atoms with Gasteiger partial charge in [-0.1, -0.05) is 35.5 Å². The SMILES string of the molecule is O=C(NCCc1ccc(Cl)cc1)c1ccc(NC2=N[C@@H]3CS(=O)(=O)C[C@@H]3S2)cc1. The van der Waals surface area contributed by atoms with Crippen LogP contribution < -0.4 is 10.6 Å². The number of carbonyl (C=O) groups excluding carboxylic acids is 1. The van der Waals surface area contributed by atoms with Crippen LogP contribution in [0.5, 0.6) is 0 Å². The molecule has 9 heteroatoms. The molecule has 0 bridgehead atoms. The van der Waals surface area contributed by atoms with E-state index in [2.05, 4.69) is 15.6 Å². The van der Waals surface area contributed by atoms with Gasteiger partial charge in [0, 0.05) is 28.1 Å². The highest BCUT2D eigenvalue weighted by molar-refractivity contribution is 8.15. The second kappa shape index (κ2) is 8.38. The van der Waals surface area contributed by atoms with Gasteiger partial charge in [-0.05, 0) is 48.4 Å². The van der Waals surface area contributed by atoms with Crippen molar-refractivity contribution in [3.05, 3.63) is 64.7 Å². The highest BCUT2D eigenvalue weighted by Crippen LogP contribution is 2.34. The number of benzene rings is 2. The number of nitrogens with zero attached hydrogens (tertiary/aromatic N) is 1. The minimum absolute atomic E-state index is 0.00758. The van der Waals surface area contributed by atoms with Crippen molar-refractivity contribution in [2.75, 3.05) is 23.4 Å². The molecule has 0 unspecified atom stereocenters. The van der Waals surface area contributed by atoms with E-state index in [-0.39, 0.29) is 28.7 Å². The summed E-state index contributed by atoms with van der Waals surface area (Å²) in [4.78, 5) is 16.8. The van der Waals surface area contributed by atoms with E-state index in [0.29, 0.717) is 17.1 Å². The average molecular weight is 450 g/mol. The highest BCUT2D eigenvalue weighted by atomic mass is 35.5. The summed E-state index contributed by atoms with van der Waals surface area (Å²) in [6, 6.07) is 14.6. The number of thioether (sulfide) groups is 1. The van der Waals surface area contributed by atoms with Gasteiger partial charge in [-0.15, -0.1) is 0 Å². The molecule has 4 rings (SSSR count). The summed E-state index contributed by atoms with van der Waals surface area (Å²) in [7, 11) is -2.95. The van der Waals surface area contributed by atoms with Gasteiger partial charge < -0.3 is 10.6 Å². The van der Waals surface area contributed by atoms with E-state index in [1.165, 1.54) is 11.8 Å². The van der Waals surface area contributed by atoms with Gasteiger partial charge >= 0.3 is 0 Å². The second-order valence-electron chi connectivity index (χ2n) is 7.07. The number of rotatable bonds is 5. The molecule has 152 valence electrons. The largest absolute Gasteiger partial charge is 0.352 e. The van der Waals surface area contributed by atoms with Crippen molar-refractivity contribution in [2.45, 2.75) is 17.7 Å². The van der Waals surface area contributed by atoms with Crippen molar-refractivity contribution >= 4 is 50.0 Å². The van der Waals surface area contributed by atoms with Gasteiger partial charge in [0.2, 0.25) is 0 Å². The summed E-state index contributed by atoms with van der Waals surface area (Å²) in [6.07, 6.45) is 0.734. The number of fused-ring (bicyclic) bond motifs is 1. The van der Waals surface area contributed by atoms with Gasteiger partial charge in [0.25, 0.3) is 5.91 Å². The minimum atomic E-state index is -2.95. The zero-order valence-electron chi connectivity index (χ0n) is 15.5. The minimum Gasteiger partial charge on any atom is -0.352 e. The maximum absolute atomic E-state index is 12.3. The average Bonchev–Trinajstić information content (AvgIpc) is 3.16. The number of halogens is 1. The Morgan fingerprint density at radius 3 is 2.52 bits per heavy atom. The van der Waals surface area contributed by atoms with Crippen LogP contribution >= 0.6 is 23.4 Å². The van der Waals surface area contributed by atoms with Crippen LogP contribution in [0.15, 0.2) is 53.5 Å². The maximum atomic E-state index is 12.3. The van der Waals surface area contributed by atoms with Crippen LogP contribution in [0.1, 0.15) is 15.9 Å². The fourth-order valence-corrected chi connectivity index (χ4v) is 7.12. The van der Waals surface area contributed by atoms with Gasteiger partial charge in [0.05, 0.1) is 17.5 Å². The molecule has 29 heavy (non-hydrogen) atoms. The molecule has 0 aliphatic carbocycles. The Morgan fingerprint density at radius 1 is 1.10 bits per heavy atom. The van der Waals surface area contributed by atoms with E-state index in [4.69, 9.17) is 11.6 Å².